The molecule has 0 radical (unpaired) electrons. The highest BCUT2D eigenvalue weighted by atomic mass is 16.3. The molecule has 0 atom stereocenters. The molecule has 5 heteroatoms. The summed E-state index contributed by atoms with van der Waals surface area (Å²) in [6.45, 7) is 4.13. The van der Waals surface area contributed by atoms with Gasteiger partial charge in [0, 0.05) is 30.6 Å². The van der Waals surface area contributed by atoms with E-state index in [9.17, 15) is 9.90 Å². The second kappa shape index (κ2) is 9.15. The van der Waals surface area contributed by atoms with Gasteiger partial charge in [0.1, 0.15) is 11.5 Å². The first-order chi connectivity index (χ1) is 15.0. The number of aromatic nitrogens is 2. The van der Waals surface area contributed by atoms with Crippen LogP contribution in [0, 0.1) is 0 Å². The van der Waals surface area contributed by atoms with Crippen LogP contribution in [-0.4, -0.2) is 45.1 Å². The number of aliphatic hydroxyl groups is 1. The van der Waals surface area contributed by atoms with Crippen molar-refractivity contribution >= 4 is 16.7 Å². The van der Waals surface area contributed by atoms with Crippen LogP contribution in [0.2, 0.25) is 0 Å². The molecule has 3 aromatic rings. The summed E-state index contributed by atoms with van der Waals surface area (Å²) in [7, 11) is 0. The van der Waals surface area contributed by atoms with E-state index in [2.05, 4.69) is 52.4 Å². The smallest absolute Gasteiger partial charge is 0.272 e. The number of hydrogen-bond donors (Lipinski definition) is 1. The van der Waals surface area contributed by atoms with Crippen LogP contribution in [0.5, 0.6) is 0 Å². The molecule has 0 saturated heterocycles. The summed E-state index contributed by atoms with van der Waals surface area (Å²) in [6.07, 6.45) is 7.03. The van der Waals surface area contributed by atoms with E-state index < -0.39 is 0 Å². The normalized spacial score (nSPS) is 15.5. The van der Waals surface area contributed by atoms with Crippen molar-refractivity contribution in [3.8, 4) is 0 Å². The molecule has 162 valence electrons. The van der Waals surface area contributed by atoms with E-state index in [1.165, 1.54) is 29.2 Å². The van der Waals surface area contributed by atoms with Crippen LogP contribution >= 0.6 is 0 Å². The maximum atomic E-state index is 13.0. The Balaban J connectivity index is 1.64. The van der Waals surface area contributed by atoms with E-state index in [1.54, 1.807) is 17.2 Å². The van der Waals surface area contributed by atoms with Gasteiger partial charge < -0.3 is 10.0 Å². The molecule has 1 fully saturated rings. The molecule has 0 spiro atoms. The van der Waals surface area contributed by atoms with E-state index in [4.69, 9.17) is 0 Å². The SMILES string of the molecule is CC(C)N(CCO)C(=O)c1ccnc(CC2(c3ccc4ccccc4c3)CCCC2)n1. The third-order valence-corrected chi connectivity index (χ3v) is 6.57. The highest BCUT2D eigenvalue weighted by Gasteiger charge is 2.37. The Morgan fingerprint density at radius 1 is 1.10 bits per heavy atom. The van der Waals surface area contributed by atoms with Gasteiger partial charge in [0.25, 0.3) is 5.91 Å². The second-order valence-corrected chi connectivity index (χ2v) is 8.90. The maximum absolute atomic E-state index is 13.0. The summed E-state index contributed by atoms with van der Waals surface area (Å²) in [5.74, 6) is 0.562. The molecule has 2 aromatic carbocycles. The van der Waals surface area contributed by atoms with Crippen LogP contribution in [0.25, 0.3) is 10.8 Å². The second-order valence-electron chi connectivity index (χ2n) is 8.90. The molecular weight excluding hydrogens is 386 g/mol. The first-order valence-corrected chi connectivity index (χ1v) is 11.3. The van der Waals surface area contributed by atoms with Crippen molar-refractivity contribution in [3.05, 3.63) is 71.8 Å². The number of amides is 1. The zero-order valence-electron chi connectivity index (χ0n) is 18.4. The van der Waals surface area contributed by atoms with Crippen molar-refractivity contribution in [3.63, 3.8) is 0 Å². The largest absolute Gasteiger partial charge is 0.395 e. The number of fused-ring (bicyclic) bond motifs is 1. The zero-order valence-corrected chi connectivity index (χ0v) is 18.4. The van der Waals surface area contributed by atoms with E-state index >= 15 is 0 Å². The lowest BCUT2D eigenvalue weighted by molar-refractivity contribution is 0.0658. The third-order valence-electron chi connectivity index (χ3n) is 6.57. The number of aliphatic hydroxyl groups excluding tert-OH is 1. The lowest BCUT2D eigenvalue weighted by atomic mass is 9.75. The van der Waals surface area contributed by atoms with Crippen molar-refractivity contribution in [1.82, 2.24) is 14.9 Å². The monoisotopic (exact) mass is 417 g/mol. The molecule has 1 saturated carbocycles. The molecule has 1 amide bonds. The average Bonchev–Trinajstić information content (AvgIpc) is 3.26. The molecule has 1 aliphatic rings. The fourth-order valence-corrected chi connectivity index (χ4v) is 4.89. The first kappa shape index (κ1) is 21.4. The van der Waals surface area contributed by atoms with E-state index in [-0.39, 0.29) is 24.0 Å². The Morgan fingerprint density at radius 3 is 2.55 bits per heavy atom. The van der Waals surface area contributed by atoms with E-state index in [0.29, 0.717) is 18.1 Å². The fraction of sp³-hybridized carbons (Fsp3) is 0.423. The van der Waals surface area contributed by atoms with Crippen molar-refractivity contribution in [2.45, 2.75) is 57.4 Å². The van der Waals surface area contributed by atoms with Crippen molar-refractivity contribution < 1.29 is 9.90 Å². The lowest BCUT2D eigenvalue weighted by Crippen LogP contribution is -2.39. The number of carbonyl (C=O) groups is 1. The van der Waals surface area contributed by atoms with Gasteiger partial charge in [-0.15, -0.1) is 0 Å². The van der Waals surface area contributed by atoms with Gasteiger partial charge in [0.05, 0.1) is 6.61 Å². The highest BCUT2D eigenvalue weighted by Crippen LogP contribution is 2.44. The Kier molecular flexibility index (Phi) is 6.33. The predicted molar refractivity (Wildman–Crippen MR) is 123 cm³/mol. The van der Waals surface area contributed by atoms with Crippen LogP contribution in [0.15, 0.2) is 54.7 Å². The van der Waals surface area contributed by atoms with Gasteiger partial charge in [0.2, 0.25) is 0 Å². The fourth-order valence-electron chi connectivity index (χ4n) is 4.89. The molecule has 0 unspecified atom stereocenters. The molecule has 31 heavy (non-hydrogen) atoms. The summed E-state index contributed by atoms with van der Waals surface area (Å²) < 4.78 is 0. The number of nitrogens with zero attached hydrogens (tertiary/aromatic N) is 3. The van der Waals surface area contributed by atoms with E-state index in [0.717, 1.165) is 19.3 Å². The van der Waals surface area contributed by atoms with Gasteiger partial charge in [-0.25, -0.2) is 9.97 Å². The summed E-state index contributed by atoms with van der Waals surface area (Å²) in [4.78, 5) is 23.8. The molecule has 1 aromatic heterocycles. The van der Waals surface area contributed by atoms with Crippen LogP contribution < -0.4 is 0 Å². The Morgan fingerprint density at radius 2 is 1.84 bits per heavy atom. The van der Waals surface area contributed by atoms with Gasteiger partial charge in [0.15, 0.2) is 0 Å². The molecule has 1 heterocycles. The molecule has 0 aliphatic heterocycles. The average molecular weight is 418 g/mol. The Labute approximate surface area is 184 Å². The van der Waals surface area contributed by atoms with Crippen molar-refractivity contribution in [1.29, 1.82) is 0 Å². The quantitative estimate of drug-likeness (QED) is 0.613. The predicted octanol–water partition coefficient (Wildman–Crippen LogP) is 4.53. The standard InChI is InChI=1S/C26H31N3O2/c1-19(2)29(15-16-30)25(31)23-11-14-27-24(28-23)18-26(12-5-6-13-26)22-10-9-20-7-3-4-8-21(20)17-22/h3-4,7-11,14,17,19,30H,5-6,12-13,15-16,18H2,1-2H3. The van der Waals surface area contributed by atoms with Gasteiger partial charge in [-0.3, -0.25) is 4.79 Å². The minimum absolute atomic E-state index is 0.00293. The van der Waals surface area contributed by atoms with Gasteiger partial charge in [-0.2, -0.15) is 0 Å². The number of carbonyl (C=O) groups excluding carboxylic acids is 1. The molecule has 0 bridgehead atoms. The molecule has 5 nitrogen and oxygen atoms in total. The summed E-state index contributed by atoms with van der Waals surface area (Å²) >= 11 is 0. The lowest BCUT2D eigenvalue weighted by Gasteiger charge is -2.30. The maximum Gasteiger partial charge on any atom is 0.272 e. The minimum Gasteiger partial charge on any atom is -0.395 e. The Bertz CT molecular complexity index is 1060. The number of hydrogen-bond acceptors (Lipinski definition) is 4. The van der Waals surface area contributed by atoms with Crippen LogP contribution in [-0.2, 0) is 11.8 Å². The molecule has 4 rings (SSSR count). The van der Waals surface area contributed by atoms with Gasteiger partial charge in [-0.1, -0.05) is 55.3 Å². The molecule has 1 aliphatic carbocycles. The van der Waals surface area contributed by atoms with Gasteiger partial charge in [-0.05, 0) is 49.1 Å². The number of rotatable bonds is 7. The van der Waals surface area contributed by atoms with Crippen LogP contribution in [0.4, 0.5) is 0 Å². The van der Waals surface area contributed by atoms with Gasteiger partial charge >= 0.3 is 0 Å². The van der Waals surface area contributed by atoms with Crippen LogP contribution in [0.3, 0.4) is 0 Å². The summed E-state index contributed by atoms with van der Waals surface area (Å²) in [5, 5.41) is 11.8. The summed E-state index contributed by atoms with van der Waals surface area (Å²) in [6, 6.07) is 16.9. The molecular formula is C26H31N3O2. The number of benzene rings is 2. The zero-order chi connectivity index (χ0) is 21.8. The van der Waals surface area contributed by atoms with Crippen molar-refractivity contribution in [2.24, 2.45) is 0 Å². The van der Waals surface area contributed by atoms with E-state index in [1.807, 2.05) is 13.8 Å². The summed E-state index contributed by atoms with van der Waals surface area (Å²) in [5.41, 5.74) is 1.75. The first-order valence-electron chi connectivity index (χ1n) is 11.3. The topological polar surface area (TPSA) is 66.3 Å². The highest BCUT2D eigenvalue weighted by molar-refractivity contribution is 5.92. The minimum atomic E-state index is -0.154. The molecule has 1 N–H and O–H groups in total. The van der Waals surface area contributed by atoms with Crippen LogP contribution in [0.1, 0.15) is 61.4 Å². The third kappa shape index (κ3) is 4.47. The van der Waals surface area contributed by atoms with Crippen molar-refractivity contribution in [2.75, 3.05) is 13.2 Å². The Hall–Kier alpha value is -2.79.